The molecule has 102 valence electrons. The molecule has 1 fully saturated rings. The number of nitrogens with one attached hydrogen (secondary N) is 1. The number of hydrogen-bond acceptors (Lipinski definition) is 3. The summed E-state index contributed by atoms with van der Waals surface area (Å²) >= 11 is 3.29. The lowest BCUT2D eigenvalue weighted by Crippen LogP contribution is -2.54. The van der Waals surface area contributed by atoms with E-state index < -0.39 is 0 Å². The predicted molar refractivity (Wildman–Crippen MR) is 73.6 cm³/mol. The molecule has 0 aromatic heterocycles. The molecule has 6 heteroatoms. The molecule has 1 aromatic rings. The summed E-state index contributed by atoms with van der Waals surface area (Å²) in [4.78, 5) is 25.1. The smallest absolute Gasteiger partial charge is 0.251 e. The van der Waals surface area contributed by atoms with Crippen LogP contribution >= 0.6 is 15.9 Å². The highest BCUT2D eigenvalue weighted by atomic mass is 79.9. The first-order valence-electron chi connectivity index (χ1n) is 6.02. The number of carbonyl (C=O) groups is 2. The normalized spacial score (nSPS) is 14.9. The summed E-state index contributed by atoms with van der Waals surface area (Å²) < 4.78 is 0.819. The van der Waals surface area contributed by atoms with Gasteiger partial charge in [-0.1, -0.05) is 22.0 Å². The molecule has 5 nitrogen and oxygen atoms in total. The van der Waals surface area contributed by atoms with Crippen LogP contribution < -0.4 is 5.32 Å². The third kappa shape index (κ3) is 3.54. The lowest BCUT2D eigenvalue weighted by Gasteiger charge is -2.38. The molecule has 2 amide bonds. The number of rotatable bonds is 4. The number of nitrogens with zero attached hydrogens (tertiary/aromatic N) is 1. The van der Waals surface area contributed by atoms with Gasteiger partial charge in [0.2, 0.25) is 5.91 Å². The van der Waals surface area contributed by atoms with Crippen LogP contribution in [0.15, 0.2) is 28.7 Å². The van der Waals surface area contributed by atoms with Crippen LogP contribution in [0.3, 0.4) is 0 Å². The first-order chi connectivity index (χ1) is 9.10. The van der Waals surface area contributed by atoms with Gasteiger partial charge < -0.3 is 15.3 Å². The van der Waals surface area contributed by atoms with Gasteiger partial charge in [0.1, 0.15) is 0 Å². The van der Waals surface area contributed by atoms with E-state index in [9.17, 15) is 9.59 Å². The van der Waals surface area contributed by atoms with Crippen LogP contribution in [-0.2, 0) is 4.79 Å². The molecular weight excluding hydrogens is 312 g/mol. The largest absolute Gasteiger partial charge is 0.396 e. The van der Waals surface area contributed by atoms with E-state index in [2.05, 4.69) is 21.2 Å². The van der Waals surface area contributed by atoms with Crippen LogP contribution in [0.1, 0.15) is 10.4 Å². The Morgan fingerprint density at radius 3 is 2.79 bits per heavy atom. The average Bonchev–Trinajstić information content (AvgIpc) is 2.34. The van der Waals surface area contributed by atoms with Gasteiger partial charge >= 0.3 is 0 Å². The van der Waals surface area contributed by atoms with Gasteiger partial charge in [-0.15, -0.1) is 0 Å². The van der Waals surface area contributed by atoms with E-state index in [-0.39, 0.29) is 30.9 Å². The summed E-state index contributed by atoms with van der Waals surface area (Å²) in [5.41, 5.74) is 0.513. The minimum atomic E-state index is -0.270. The predicted octanol–water partition coefficient (Wildman–Crippen LogP) is 0.630. The molecule has 0 radical (unpaired) electrons. The van der Waals surface area contributed by atoms with Crippen LogP contribution in [0.4, 0.5) is 0 Å². The minimum Gasteiger partial charge on any atom is -0.396 e. The topological polar surface area (TPSA) is 69.6 Å². The second kappa shape index (κ2) is 6.16. The standard InChI is InChI=1S/C13H15BrN2O3/c14-11-3-1-2-10(4-11)13(19)15-5-12(18)16-6-9(7-16)8-17/h1-4,9,17H,5-8H2,(H,15,19). The maximum Gasteiger partial charge on any atom is 0.251 e. The zero-order valence-corrected chi connectivity index (χ0v) is 11.9. The summed E-state index contributed by atoms with van der Waals surface area (Å²) in [5, 5.41) is 11.5. The Hall–Kier alpha value is -1.40. The van der Waals surface area contributed by atoms with E-state index in [0.29, 0.717) is 18.7 Å². The molecule has 0 atom stereocenters. The quantitative estimate of drug-likeness (QED) is 0.852. The number of likely N-dealkylation sites (tertiary alicyclic amines) is 1. The van der Waals surface area contributed by atoms with Gasteiger partial charge in [-0.3, -0.25) is 9.59 Å². The summed E-state index contributed by atoms with van der Waals surface area (Å²) in [6, 6.07) is 6.99. The van der Waals surface area contributed by atoms with E-state index in [1.54, 1.807) is 23.1 Å². The van der Waals surface area contributed by atoms with Crippen LogP contribution in [0, 0.1) is 5.92 Å². The Kier molecular flexibility index (Phi) is 4.55. The fourth-order valence-corrected chi connectivity index (χ4v) is 2.29. The maximum absolute atomic E-state index is 11.8. The summed E-state index contributed by atoms with van der Waals surface area (Å²) in [7, 11) is 0. The zero-order valence-electron chi connectivity index (χ0n) is 10.3. The Balaban J connectivity index is 1.79. The third-order valence-electron chi connectivity index (χ3n) is 3.06. The number of aliphatic hydroxyl groups is 1. The monoisotopic (exact) mass is 326 g/mol. The lowest BCUT2D eigenvalue weighted by atomic mass is 10.0. The first-order valence-corrected chi connectivity index (χ1v) is 6.82. The van der Waals surface area contributed by atoms with Crippen molar-refractivity contribution in [1.29, 1.82) is 0 Å². The summed E-state index contributed by atoms with van der Waals surface area (Å²) in [6.07, 6.45) is 0. The van der Waals surface area contributed by atoms with Gasteiger partial charge in [-0.2, -0.15) is 0 Å². The fourth-order valence-electron chi connectivity index (χ4n) is 1.89. The van der Waals surface area contributed by atoms with Crippen LogP contribution in [0.5, 0.6) is 0 Å². The number of aliphatic hydroxyl groups excluding tert-OH is 1. The van der Waals surface area contributed by atoms with Crippen LogP contribution in [-0.4, -0.2) is 48.1 Å². The van der Waals surface area contributed by atoms with Gasteiger partial charge in [-0.25, -0.2) is 0 Å². The molecule has 1 saturated heterocycles. The maximum atomic E-state index is 11.8. The van der Waals surface area contributed by atoms with E-state index in [0.717, 1.165) is 4.47 Å². The van der Waals surface area contributed by atoms with Crippen LogP contribution in [0.25, 0.3) is 0 Å². The number of halogens is 1. The molecule has 2 rings (SSSR count). The molecule has 0 spiro atoms. The van der Waals surface area contributed by atoms with Crippen molar-refractivity contribution in [2.45, 2.75) is 0 Å². The molecule has 0 aliphatic carbocycles. The highest BCUT2D eigenvalue weighted by Crippen LogP contribution is 2.14. The highest BCUT2D eigenvalue weighted by molar-refractivity contribution is 9.10. The Morgan fingerprint density at radius 2 is 2.16 bits per heavy atom. The fraction of sp³-hybridized carbons (Fsp3) is 0.385. The van der Waals surface area contributed by atoms with E-state index in [4.69, 9.17) is 5.11 Å². The molecule has 0 unspecified atom stereocenters. The lowest BCUT2D eigenvalue weighted by molar-refractivity contribution is -0.137. The first kappa shape index (κ1) is 14.0. The van der Waals surface area contributed by atoms with E-state index >= 15 is 0 Å². The third-order valence-corrected chi connectivity index (χ3v) is 3.55. The van der Waals surface area contributed by atoms with Crippen molar-refractivity contribution in [3.05, 3.63) is 34.3 Å². The van der Waals surface area contributed by atoms with Crippen molar-refractivity contribution in [1.82, 2.24) is 10.2 Å². The molecule has 0 bridgehead atoms. The number of benzene rings is 1. The number of amides is 2. The Bertz CT molecular complexity index is 487. The van der Waals surface area contributed by atoms with E-state index in [1.165, 1.54) is 0 Å². The highest BCUT2D eigenvalue weighted by Gasteiger charge is 2.29. The van der Waals surface area contributed by atoms with Gasteiger partial charge in [-0.05, 0) is 18.2 Å². The molecule has 19 heavy (non-hydrogen) atoms. The van der Waals surface area contributed by atoms with Gasteiger partial charge in [0.15, 0.2) is 0 Å². The summed E-state index contributed by atoms with van der Waals surface area (Å²) in [6.45, 7) is 1.24. The molecule has 1 aliphatic heterocycles. The molecule has 2 N–H and O–H groups in total. The van der Waals surface area contributed by atoms with Crippen molar-refractivity contribution in [3.8, 4) is 0 Å². The van der Waals surface area contributed by atoms with E-state index in [1.807, 2.05) is 6.07 Å². The average molecular weight is 327 g/mol. The Labute approximate surface area is 119 Å². The van der Waals surface area contributed by atoms with Crippen molar-refractivity contribution < 1.29 is 14.7 Å². The molecule has 1 aliphatic rings. The van der Waals surface area contributed by atoms with Gasteiger partial charge in [0.05, 0.1) is 6.54 Å². The second-order valence-electron chi connectivity index (χ2n) is 4.54. The van der Waals surface area contributed by atoms with Gasteiger partial charge in [0.25, 0.3) is 5.91 Å². The minimum absolute atomic E-state index is 0.0104. The second-order valence-corrected chi connectivity index (χ2v) is 5.46. The molecular formula is C13H15BrN2O3. The molecule has 1 heterocycles. The van der Waals surface area contributed by atoms with Crippen molar-refractivity contribution in [2.24, 2.45) is 5.92 Å². The number of carbonyl (C=O) groups excluding carboxylic acids is 2. The SMILES string of the molecule is O=C(NCC(=O)N1CC(CO)C1)c1cccc(Br)c1. The number of hydrogen-bond donors (Lipinski definition) is 2. The van der Waals surface area contributed by atoms with Crippen LogP contribution in [0.2, 0.25) is 0 Å². The molecule has 0 saturated carbocycles. The van der Waals surface area contributed by atoms with Crippen molar-refractivity contribution in [2.75, 3.05) is 26.2 Å². The zero-order chi connectivity index (χ0) is 13.8. The van der Waals surface area contributed by atoms with Gasteiger partial charge in [0, 0.05) is 35.7 Å². The Morgan fingerprint density at radius 1 is 1.42 bits per heavy atom. The van der Waals surface area contributed by atoms with Crippen molar-refractivity contribution in [3.63, 3.8) is 0 Å². The summed E-state index contributed by atoms with van der Waals surface area (Å²) in [5.74, 6) is -0.202. The van der Waals surface area contributed by atoms with Crippen molar-refractivity contribution >= 4 is 27.7 Å². The molecule has 1 aromatic carbocycles.